The number of carbonyl (C=O) groups is 2. The third kappa shape index (κ3) is 3.93. The first-order valence-electron chi connectivity index (χ1n) is 11.8. The van der Waals surface area contributed by atoms with Crippen molar-refractivity contribution in [2.24, 2.45) is 5.73 Å². The Hall–Kier alpha value is -4.05. The molecule has 1 unspecified atom stereocenters. The van der Waals surface area contributed by atoms with Crippen LogP contribution in [0.15, 0.2) is 36.4 Å². The van der Waals surface area contributed by atoms with E-state index in [4.69, 9.17) is 15.2 Å². The summed E-state index contributed by atoms with van der Waals surface area (Å²) in [6, 6.07) is 10.9. The molecule has 3 aromatic rings. The van der Waals surface area contributed by atoms with Crippen molar-refractivity contribution in [2.45, 2.75) is 32.4 Å². The normalized spacial score (nSPS) is 17.3. The third-order valence-electron chi connectivity index (χ3n) is 6.85. The zero-order valence-electron chi connectivity index (χ0n) is 20.5. The molecule has 0 bridgehead atoms. The highest BCUT2D eigenvalue weighted by atomic mass is 16.5. The van der Waals surface area contributed by atoms with Crippen molar-refractivity contribution in [2.75, 3.05) is 37.1 Å². The molecule has 3 N–H and O–H groups in total. The maximum atomic E-state index is 13.9. The first-order chi connectivity index (χ1) is 17.3. The largest absolute Gasteiger partial charge is 0.497 e. The van der Waals surface area contributed by atoms with Gasteiger partial charge in [-0.05, 0) is 49.9 Å². The van der Waals surface area contributed by atoms with E-state index in [1.165, 1.54) is 18.9 Å². The average molecular weight is 492 g/mol. The molecule has 2 aliphatic rings. The highest BCUT2D eigenvalue weighted by molar-refractivity contribution is 6.09. The molecule has 188 valence electrons. The molecule has 1 saturated heterocycles. The first-order valence-corrected chi connectivity index (χ1v) is 11.8. The van der Waals surface area contributed by atoms with Gasteiger partial charge >= 0.3 is 0 Å². The minimum Gasteiger partial charge on any atom is -0.497 e. The second-order valence-corrected chi connectivity index (χ2v) is 9.02. The van der Waals surface area contributed by atoms with Gasteiger partial charge in [0.25, 0.3) is 11.8 Å². The van der Waals surface area contributed by atoms with E-state index in [2.05, 4.69) is 5.10 Å². The second-order valence-electron chi connectivity index (χ2n) is 9.02. The molecule has 0 spiro atoms. The van der Waals surface area contributed by atoms with Crippen molar-refractivity contribution in [1.29, 1.82) is 0 Å². The molecule has 3 heterocycles. The highest BCUT2D eigenvalue weighted by Gasteiger charge is 2.35. The van der Waals surface area contributed by atoms with Crippen molar-refractivity contribution >= 4 is 23.2 Å². The molecule has 0 aliphatic carbocycles. The fourth-order valence-electron chi connectivity index (χ4n) is 5.07. The molecule has 10 nitrogen and oxygen atoms in total. The van der Waals surface area contributed by atoms with Crippen LogP contribution in [0.4, 0.5) is 11.4 Å². The van der Waals surface area contributed by atoms with Gasteiger partial charge in [0.15, 0.2) is 5.69 Å². The Morgan fingerprint density at radius 1 is 1.08 bits per heavy atom. The van der Waals surface area contributed by atoms with Gasteiger partial charge in [0.2, 0.25) is 0 Å². The number of aryl methyl sites for hydroxylation is 1. The van der Waals surface area contributed by atoms with E-state index in [9.17, 15) is 14.7 Å². The van der Waals surface area contributed by atoms with Gasteiger partial charge in [-0.2, -0.15) is 5.10 Å². The van der Waals surface area contributed by atoms with Gasteiger partial charge in [0, 0.05) is 48.2 Å². The van der Waals surface area contributed by atoms with Gasteiger partial charge in [0.05, 0.1) is 19.9 Å². The SMILES string of the molecule is COc1cc(OC)cc(-n2nc(C(N)=O)c3c2C(=O)N(c2ccc(N4CCCC4O)c(C)c2)CC3)c1. The number of methoxy groups -OCH3 is 2. The van der Waals surface area contributed by atoms with E-state index in [1.807, 2.05) is 30.0 Å². The number of hydrogen-bond donors (Lipinski definition) is 2. The quantitative estimate of drug-likeness (QED) is 0.543. The number of aliphatic hydroxyl groups excluding tert-OH is 1. The van der Waals surface area contributed by atoms with Crippen LogP contribution in [0.1, 0.15) is 44.9 Å². The number of aromatic nitrogens is 2. The van der Waals surface area contributed by atoms with Crippen molar-refractivity contribution in [1.82, 2.24) is 9.78 Å². The lowest BCUT2D eigenvalue weighted by Gasteiger charge is -2.30. The van der Waals surface area contributed by atoms with Crippen LogP contribution in [0, 0.1) is 6.92 Å². The standard InChI is InChI=1S/C26H29N5O5/c1-15-11-16(6-7-21(15)30-9-4-5-22(30)32)29-10-8-20-23(25(27)33)28-31(24(20)26(29)34)17-12-18(35-2)14-19(13-17)36-3/h6-7,11-14,22,32H,4-5,8-10H2,1-3H3,(H2,27,33). The van der Waals surface area contributed by atoms with E-state index < -0.39 is 12.1 Å². The number of nitrogens with zero attached hydrogens (tertiary/aromatic N) is 4. The molecule has 0 radical (unpaired) electrons. The van der Waals surface area contributed by atoms with Crippen LogP contribution in [0.3, 0.4) is 0 Å². The van der Waals surface area contributed by atoms with Crippen LogP contribution in [-0.2, 0) is 6.42 Å². The molecule has 2 aromatic carbocycles. The summed E-state index contributed by atoms with van der Waals surface area (Å²) >= 11 is 0. The molecule has 2 aliphatic heterocycles. The number of hydrogen-bond acceptors (Lipinski definition) is 7. The van der Waals surface area contributed by atoms with Gasteiger partial charge in [-0.1, -0.05) is 0 Å². The van der Waals surface area contributed by atoms with Crippen molar-refractivity contribution in [3.63, 3.8) is 0 Å². The maximum absolute atomic E-state index is 13.9. The summed E-state index contributed by atoms with van der Waals surface area (Å²) in [6.07, 6.45) is 1.62. The number of carbonyl (C=O) groups excluding carboxylic acids is 2. The van der Waals surface area contributed by atoms with Crippen molar-refractivity contribution in [3.05, 3.63) is 58.9 Å². The molecular weight excluding hydrogens is 462 g/mol. The number of amides is 2. The van der Waals surface area contributed by atoms with E-state index >= 15 is 0 Å². The Morgan fingerprint density at radius 2 is 1.81 bits per heavy atom. The summed E-state index contributed by atoms with van der Waals surface area (Å²) in [5.74, 6) is 0.0613. The van der Waals surface area contributed by atoms with Crippen LogP contribution in [0.2, 0.25) is 0 Å². The number of ether oxygens (including phenoxy) is 2. The molecule has 10 heteroatoms. The number of fused-ring (bicyclic) bond motifs is 1. The predicted molar refractivity (Wildman–Crippen MR) is 134 cm³/mol. The molecule has 1 atom stereocenters. The minimum atomic E-state index is -0.689. The fourth-order valence-corrected chi connectivity index (χ4v) is 5.07. The molecule has 0 saturated carbocycles. The Labute approximate surface area is 208 Å². The Morgan fingerprint density at radius 3 is 2.39 bits per heavy atom. The number of primary amides is 1. The van der Waals surface area contributed by atoms with Crippen molar-refractivity contribution in [3.8, 4) is 17.2 Å². The Bertz CT molecular complexity index is 1330. The molecule has 1 aromatic heterocycles. The molecule has 2 amide bonds. The molecule has 5 rings (SSSR count). The zero-order valence-corrected chi connectivity index (χ0v) is 20.5. The second kappa shape index (κ2) is 9.19. The lowest BCUT2D eigenvalue weighted by molar-refractivity contribution is 0.0972. The smallest absolute Gasteiger partial charge is 0.277 e. The predicted octanol–water partition coefficient (Wildman–Crippen LogP) is 2.42. The average Bonchev–Trinajstić information content (AvgIpc) is 3.48. The summed E-state index contributed by atoms with van der Waals surface area (Å²) in [6.45, 7) is 3.15. The maximum Gasteiger partial charge on any atom is 0.277 e. The number of nitrogens with two attached hydrogens (primary N) is 1. The lowest BCUT2D eigenvalue weighted by Crippen LogP contribution is -2.39. The van der Waals surface area contributed by atoms with Crippen LogP contribution >= 0.6 is 0 Å². The topological polar surface area (TPSA) is 123 Å². The fraction of sp³-hybridized carbons (Fsp3) is 0.346. The van der Waals surface area contributed by atoms with E-state index in [1.54, 1.807) is 23.1 Å². The first kappa shape index (κ1) is 23.7. The van der Waals surface area contributed by atoms with Gasteiger partial charge in [-0.3, -0.25) is 9.59 Å². The number of anilines is 2. The summed E-state index contributed by atoms with van der Waals surface area (Å²) in [5.41, 5.74) is 9.68. The Kier molecular flexibility index (Phi) is 6.05. The lowest BCUT2D eigenvalue weighted by atomic mass is 10.0. The van der Waals surface area contributed by atoms with E-state index in [0.29, 0.717) is 35.7 Å². The zero-order chi connectivity index (χ0) is 25.6. The van der Waals surface area contributed by atoms with Crippen LogP contribution in [-0.4, -0.2) is 60.2 Å². The monoisotopic (exact) mass is 491 g/mol. The Balaban J connectivity index is 1.57. The summed E-state index contributed by atoms with van der Waals surface area (Å²) in [7, 11) is 3.07. The molecule has 36 heavy (non-hydrogen) atoms. The van der Waals surface area contributed by atoms with Crippen molar-refractivity contribution < 1.29 is 24.2 Å². The van der Waals surface area contributed by atoms with Gasteiger partial charge < -0.3 is 30.1 Å². The minimum absolute atomic E-state index is 0.0781. The molecule has 1 fully saturated rings. The van der Waals surface area contributed by atoms with Crippen LogP contribution in [0.5, 0.6) is 11.5 Å². The highest BCUT2D eigenvalue weighted by Crippen LogP contribution is 2.34. The van der Waals surface area contributed by atoms with E-state index in [0.717, 1.165) is 36.3 Å². The number of rotatable bonds is 6. The summed E-state index contributed by atoms with van der Waals surface area (Å²) in [5, 5.41) is 14.7. The van der Waals surface area contributed by atoms with Gasteiger partial charge in [-0.25, -0.2) is 4.68 Å². The number of benzene rings is 2. The molecular formula is C26H29N5O5. The van der Waals surface area contributed by atoms with Gasteiger partial charge in [0.1, 0.15) is 23.4 Å². The summed E-state index contributed by atoms with van der Waals surface area (Å²) < 4.78 is 12.2. The summed E-state index contributed by atoms with van der Waals surface area (Å²) in [4.78, 5) is 29.7. The third-order valence-corrected chi connectivity index (χ3v) is 6.85. The van der Waals surface area contributed by atoms with Crippen LogP contribution in [0.25, 0.3) is 5.69 Å². The van der Waals surface area contributed by atoms with Gasteiger partial charge in [-0.15, -0.1) is 0 Å². The van der Waals surface area contributed by atoms with Crippen LogP contribution < -0.4 is 25.0 Å². The number of aliphatic hydroxyl groups is 1. The van der Waals surface area contributed by atoms with E-state index in [-0.39, 0.29) is 17.3 Å².